The molecule has 134 valence electrons. The minimum atomic E-state index is 0.622. The van der Waals surface area contributed by atoms with Crippen LogP contribution in [0.15, 0.2) is 30.5 Å². The van der Waals surface area contributed by atoms with Gasteiger partial charge in [0.2, 0.25) is 5.95 Å². The molecule has 2 aromatic rings. The number of aromatic nitrogens is 3. The molecule has 0 aliphatic carbocycles. The number of ether oxygens (including phenoxy) is 2. The highest BCUT2D eigenvalue weighted by Crippen LogP contribution is 2.28. The third kappa shape index (κ3) is 4.27. The van der Waals surface area contributed by atoms with Crippen LogP contribution >= 0.6 is 0 Å². The summed E-state index contributed by atoms with van der Waals surface area (Å²) in [6.45, 7) is 4.74. The molecule has 0 radical (unpaired) electrons. The molecule has 0 atom stereocenters. The van der Waals surface area contributed by atoms with Gasteiger partial charge in [-0.15, -0.1) is 5.10 Å². The summed E-state index contributed by atoms with van der Waals surface area (Å²) in [6, 6.07) is 8.10. The first-order valence-electron chi connectivity index (χ1n) is 8.37. The average Bonchev–Trinajstić information content (AvgIpc) is 2.68. The van der Waals surface area contributed by atoms with Gasteiger partial charge in [0.25, 0.3) is 0 Å². The Bertz CT molecular complexity index is 676. The van der Waals surface area contributed by atoms with Gasteiger partial charge in [-0.25, -0.2) is 0 Å². The number of para-hydroxylation sites is 2. The topological polar surface area (TPSA) is 75.6 Å². The van der Waals surface area contributed by atoms with Crippen LogP contribution in [0, 0.1) is 0 Å². The van der Waals surface area contributed by atoms with Gasteiger partial charge in [-0.2, -0.15) is 10.1 Å². The van der Waals surface area contributed by atoms with Crippen LogP contribution in [-0.2, 0) is 4.74 Å². The average molecular weight is 344 g/mol. The molecule has 3 rings (SSSR count). The van der Waals surface area contributed by atoms with E-state index in [0.717, 1.165) is 37.6 Å². The SMILES string of the molecule is COCCNc1cnnc(N2CCN(c3ccccc3OC)CC2)n1. The van der Waals surface area contributed by atoms with Crippen LogP contribution < -0.4 is 19.9 Å². The quantitative estimate of drug-likeness (QED) is 0.753. The van der Waals surface area contributed by atoms with Crippen molar-refractivity contribution in [1.82, 2.24) is 15.2 Å². The zero-order chi connectivity index (χ0) is 17.5. The van der Waals surface area contributed by atoms with Crippen molar-refractivity contribution in [3.63, 3.8) is 0 Å². The van der Waals surface area contributed by atoms with Crippen molar-refractivity contribution in [2.75, 3.05) is 68.7 Å². The number of nitrogens with zero attached hydrogens (tertiary/aromatic N) is 5. The molecular formula is C17H24N6O2. The standard InChI is InChI=1S/C17H24N6O2/c1-24-12-7-18-16-13-19-21-17(20-16)23-10-8-22(9-11-23)14-5-3-4-6-15(14)25-2/h3-6,13H,7-12H2,1-2H3,(H,18,20,21). The minimum absolute atomic E-state index is 0.622. The van der Waals surface area contributed by atoms with Crippen LogP contribution in [0.2, 0.25) is 0 Å². The number of piperazine rings is 1. The summed E-state index contributed by atoms with van der Waals surface area (Å²) in [5.41, 5.74) is 1.12. The summed E-state index contributed by atoms with van der Waals surface area (Å²) >= 11 is 0. The Labute approximate surface area is 147 Å². The fourth-order valence-electron chi connectivity index (χ4n) is 2.83. The highest BCUT2D eigenvalue weighted by molar-refractivity contribution is 5.59. The number of benzene rings is 1. The molecule has 2 heterocycles. The fourth-order valence-corrected chi connectivity index (χ4v) is 2.83. The number of methoxy groups -OCH3 is 2. The largest absolute Gasteiger partial charge is 0.495 e. The number of anilines is 3. The lowest BCUT2D eigenvalue weighted by Gasteiger charge is -2.36. The lowest BCUT2D eigenvalue weighted by Crippen LogP contribution is -2.47. The van der Waals surface area contributed by atoms with E-state index < -0.39 is 0 Å². The molecule has 1 saturated heterocycles. The minimum Gasteiger partial charge on any atom is -0.495 e. The molecule has 1 N–H and O–H groups in total. The first-order valence-corrected chi connectivity index (χ1v) is 8.37. The van der Waals surface area contributed by atoms with E-state index in [2.05, 4.69) is 36.4 Å². The maximum absolute atomic E-state index is 5.46. The highest BCUT2D eigenvalue weighted by atomic mass is 16.5. The van der Waals surface area contributed by atoms with E-state index in [1.165, 1.54) is 0 Å². The lowest BCUT2D eigenvalue weighted by molar-refractivity contribution is 0.210. The van der Waals surface area contributed by atoms with Gasteiger partial charge in [0.1, 0.15) is 5.75 Å². The van der Waals surface area contributed by atoms with E-state index >= 15 is 0 Å². The molecule has 8 nitrogen and oxygen atoms in total. The summed E-state index contributed by atoms with van der Waals surface area (Å²) in [5, 5.41) is 11.4. The van der Waals surface area contributed by atoms with Gasteiger partial charge in [-0.1, -0.05) is 12.1 Å². The Morgan fingerprint density at radius 1 is 1.08 bits per heavy atom. The second kappa shape index (κ2) is 8.48. The van der Waals surface area contributed by atoms with Gasteiger partial charge in [0.15, 0.2) is 5.82 Å². The zero-order valence-electron chi connectivity index (χ0n) is 14.7. The molecule has 1 aliphatic rings. The van der Waals surface area contributed by atoms with Crippen molar-refractivity contribution in [3.05, 3.63) is 30.5 Å². The predicted octanol–water partition coefficient (Wildman–Crippen LogP) is 1.27. The first kappa shape index (κ1) is 17.2. The van der Waals surface area contributed by atoms with Crippen LogP contribution in [0.4, 0.5) is 17.5 Å². The molecule has 8 heteroatoms. The monoisotopic (exact) mass is 344 g/mol. The van der Waals surface area contributed by atoms with Gasteiger partial charge >= 0.3 is 0 Å². The van der Waals surface area contributed by atoms with E-state index in [4.69, 9.17) is 9.47 Å². The van der Waals surface area contributed by atoms with Crippen LogP contribution in [0.25, 0.3) is 0 Å². The molecule has 1 aliphatic heterocycles. The molecule has 0 amide bonds. The van der Waals surface area contributed by atoms with Crippen LogP contribution in [0.5, 0.6) is 5.75 Å². The summed E-state index contributed by atoms with van der Waals surface area (Å²) in [7, 11) is 3.38. The van der Waals surface area contributed by atoms with Crippen LogP contribution in [-0.4, -0.2) is 68.7 Å². The molecule has 25 heavy (non-hydrogen) atoms. The lowest BCUT2D eigenvalue weighted by atomic mass is 10.2. The Morgan fingerprint density at radius 2 is 1.84 bits per heavy atom. The summed E-state index contributed by atoms with van der Waals surface area (Å²) in [5.74, 6) is 2.27. The maximum atomic E-state index is 5.46. The van der Waals surface area contributed by atoms with Crippen molar-refractivity contribution in [2.45, 2.75) is 0 Å². The van der Waals surface area contributed by atoms with Crippen molar-refractivity contribution < 1.29 is 9.47 Å². The van der Waals surface area contributed by atoms with Gasteiger partial charge in [-0.3, -0.25) is 0 Å². The third-order valence-electron chi connectivity index (χ3n) is 4.15. The van der Waals surface area contributed by atoms with Crippen molar-refractivity contribution in [2.24, 2.45) is 0 Å². The second-order valence-corrected chi connectivity index (χ2v) is 5.71. The Hall–Kier alpha value is -2.61. The van der Waals surface area contributed by atoms with Gasteiger partial charge < -0.3 is 24.6 Å². The molecule has 0 spiro atoms. The highest BCUT2D eigenvalue weighted by Gasteiger charge is 2.21. The Balaban J connectivity index is 1.61. The Kier molecular flexibility index (Phi) is 5.84. The van der Waals surface area contributed by atoms with Gasteiger partial charge in [-0.05, 0) is 12.1 Å². The number of nitrogens with one attached hydrogen (secondary N) is 1. The third-order valence-corrected chi connectivity index (χ3v) is 4.15. The van der Waals surface area contributed by atoms with E-state index in [0.29, 0.717) is 24.9 Å². The van der Waals surface area contributed by atoms with Gasteiger partial charge in [0.05, 0.1) is 25.6 Å². The molecule has 0 saturated carbocycles. The normalized spacial score (nSPS) is 14.5. The summed E-state index contributed by atoms with van der Waals surface area (Å²) < 4.78 is 10.5. The van der Waals surface area contributed by atoms with E-state index in [1.807, 2.05) is 18.2 Å². The van der Waals surface area contributed by atoms with Crippen LogP contribution in [0.1, 0.15) is 0 Å². The van der Waals surface area contributed by atoms with E-state index in [-0.39, 0.29) is 0 Å². The first-order chi connectivity index (χ1) is 12.3. The molecule has 1 fully saturated rings. The number of hydrogen-bond acceptors (Lipinski definition) is 8. The van der Waals surface area contributed by atoms with Crippen molar-refractivity contribution in [3.8, 4) is 5.75 Å². The van der Waals surface area contributed by atoms with Crippen LogP contribution in [0.3, 0.4) is 0 Å². The van der Waals surface area contributed by atoms with E-state index in [1.54, 1.807) is 20.4 Å². The molecule has 1 aromatic carbocycles. The molecular weight excluding hydrogens is 320 g/mol. The summed E-state index contributed by atoms with van der Waals surface area (Å²) in [4.78, 5) is 9.02. The Morgan fingerprint density at radius 3 is 2.60 bits per heavy atom. The molecule has 1 aromatic heterocycles. The van der Waals surface area contributed by atoms with Gasteiger partial charge in [0, 0.05) is 39.8 Å². The second-order valence-electron chi connectivity index (χ2n) is 5.71. The summed E-state index contributed by atoms with van der Waals surface area (Å²) in [6.07, 6.45) is 1.63. The van der Waals surface area contributed by atoms with E-state index in [9.17, 15) is 0 Å². The fraction of sp³-hybridized carbons (Fsp3) is 0.471. The number of rotatable bonds is 7. The van der Waals surface area contributed by atoms with Crippen molar-refractivity contribution in [1.29, 1.82) is 0 Å². The van der Waals surface area contributed by atoms with Crippen molar-refractivity contribution >= 4 is 17.5 Å². The maximum Gasteiger partial charge on any atom is 0.247 e. The molecule has 0 unspecified atom stereocenters. The smallest absolute Gasteiger partial charge is 0.247 e. The molecule has 0 bridgehead atoms. The number of hydrogen-bond donors (Lipinski definition) is 1. The predicted molar refractivity (Wildman–Crippen MR) is 97.6 cm³/mol. The zero-order valence-corrected chi connectivity index (χ0v) is 14.7.